The van der Waals surface area contributed by atoms with Gasteiger partial charge in [-0.25, -0.2) is 4.98 Å². The van der Waals surface area contributed by atoms with E-state index in [0.29, 0.717) is 16.9 Å². The summed E-state index contributed by atoms with van der Waals surface area (Å²) in [5.41, 5.74) is 1.15. The van der Waals surface area contributed by atoms with Gasteiger partial charge in [-0.1, -0.05) is 18.2 Å². The number of thiophene rings is 1. The summed E-state index contributed by atoms with van der Waals surface area (Å²) in [5, 5.41) is 17.3. The molecular weight excluding hydrogens is 450 g/mol. The summed E-state index contributed by atoms with van der Waals surface area (Å²) in [6.45, 7) is 4.78. The number of rotatable bonds is 8. The van der Waals surface area contributed by atoms with E-state index in [0.717, 1.165) is 6.42 Å². The van der Waals surface area contributed by atoms with E-state index in [1.54, 1.807) is 11.3 Å². The highest BCUT2D eigenvalue weighted by Crippen LogP contribution is 2.28. The Labute approximate surface area is 175 Å². The highest BCUT2D eigenvalue weighted by Gasteiger charge is 2.21. The number of nitrogens with one attached hydrogen (secondary N) is 1. The number of aliphatic hydroxyl groups excluding tert-OH is 1. The van der Waals surface area contributed by atoms with Gasteiger partial charge in [0.1, 0.15) is 12.7 Å². The molecule has 8 heteroatoms. The second-order valence-electron chi connectivity index (χ2n) is 6.96. The molecule has 2 N–H and O–H groups in total. The van der Waals surface area contributed by atoms with Gasteiger partial charge in [0, 0.05) is 23.0 Å². The summed E-state index contributed by atoms with van der Waals surface area (Å²) in [7, 11) is 0. The Hall–Kier alpha value is -1.25. The molecule has 1 atom stereocenters. The van der Waals surface area contributed by atoms with Crippen molar-refractivity contribution >= 4 is 49.0 Å². The van der Waals surface area contributed by atoms with Crippen LogP contribution in [0.25, 0.3) is 10.1 Å². The number of nitrogens with zero attached hydrogens (tertiary/aromatic N) is 2. The molecule has 0 aliphatic rings. The lowest BCUT2D eigenvalue weighted by Crippen LogP contribution is -2.46. The summed E-state index contributed by atoms with van der Waals surface area (Å²) in [6, 6.07) is 8.43. The first-order chi connectivity index (χ1) is 12.8. The van der Waals surface area contributed by atoms with Gasteiger partial charge in [-0.05, 0) is 70.2 Å². The van der Waals surface area contributed by atoms with Crippen LogP contribution in [0, 0.1) is 0 Å². The first-order valence-corrected chi connectivity index (χ1v) is 10.6. The fourth-order valence-corrected chi connectivity index (χ4v) is 4.16. The topological polar surface area (TPSA) is 67.3 Å². The second-order valence-corrected chi connectivity index (χ2v) is 9.06. The standard InChI is InChI=1S/C19H21BrClN3O2S/c1-19(2,7-12-11-27-16-6-4-3-5-14(12)16)23-8-13(25)10-26-17-15(20)9-22-18(21)24-17/h3-6,9,11,13,23,25H,7-8,10H2,1-2H3. The fourth-order valence-electron chi connectivity index (χ4n) is 2.77. The van der Waals surface area contributed by atoms with Crippen molar-refractivity contribution in [3.63, 3.8) is 0 Å². The number of hydrogen-bond acceptors (Lipinski definition) is 6. The van der Waals surface area contributed by atoms with Crippen LogP contribution in [0.4, 0.5) is 0 Å². The molecule has 3 rings (SSSR count). The average molecular weight is 471 g/mol. The van der Waals surface area contributed by atoms with Crippen LogP contribution >= 0.6 is 38.9 Å². The van der Waals surface area contributed by atoms with Gasteiger partial charge in [0.15, 0.2) is 0 Å². The van der Waals surface area contributed by atoms with Crippen molar-refractivity contribution in [3.8, 4) is 5.88 Å². The molecule has 144 valence electrons. The van der Waals surface area contributed by atoms with Crippen molar-refractivity contribution in [2.75, 3.05) is 13.2 Å². The van der Waals surface area contributed by atoms with Crippen LogP contribution in [0.1, 0.15) is 19.4 Å². The number of ether oxygens (including phenoxy) is 1. The Morgan fingerprint density at radius 1 is 1.37 bits per heavy atom. The summed E-state index contributed by atoms with van der Waals surface area (Å²) in [5.74, 6) is 0.318. The Morgan fingerprint density at radius 2 is 2.15 bits per heavy atom. The van der Waals surface area contributed by atoms with E-state index < -0.39 is 6.10 Å². The second kappa shape index (κ2) is 8.84. The van der Waals surface area contributed by atoms with Crippen molar-refractivity contribution in [2.45, 2.75) is 31.9 Å². The molecule has 0 amide bonds. The molecule has 0 fully saturated rings. The van der Waals surface area contributed by atoms with Gasteiger partial charge in [-0.15, -0.1) is 11.3 Å². The number of β-amino-alcohol motifs (C(OH)–C–C–N with tert-alkyl or cyclic N) is 1. The van der Waals surface area contributed by atoms with E-state index in [1.807, 2.05) is 0 Å². The van der Waals surface area contributed by atoms with Gasteiger partial charge in [-0.2, -0.15) is 4.98 Å². The van der Waals surface area contributed by atoms with E-state index in [-0.39, 0.29) is 17.4 Å². The molecule has 1 aromatic carbocycles. The molecule has 27 heavy (non-hydrogen) atoms. The van der Waals surface area contributed by atoms with Crippen LogP contribution in [-0.4, -0.2) is 39.9 Å². The maximum atomic E-state index is 10.3. The third-order valence-corrected chi connectivity index (χ3v) is 5.84. The molecule has 0 saturated carbocycles. The van der Waals surface area contributed by atoms with Gasteiger partial charge < -0.3 is 15.2 Å². The molecule has 0 bridgehead atoms. The van der Waals surface area contributed by atoms with E-state index >= 15 is 0 Å². The molecule has 0 saturated heterocycles. The van der Waals surface area contributed by atoms with Gasteiger partial charge in [0.05, 0.1) is 4.47 Å². The minimum Gasteiger partial charge on any atom is -0.474 e. The lowest BCUT2D eigenvalue weighted by Gasteiger charge is -2.28. The maximum absolute atomic E-state index is 10.3. The molecule has 5 nitrogen and oxygen atoms in total. The van der Waals surface area contributed by atoms with Crippen LogP contribution < -0.4 is 10.1 Å². The number of benzene rings is 1. The predicted molar refractivity (Wildman–Crippen MR) is 114 cm³/mol. The van der Waals surface area contributed by atoms with Gasteiger partial charge in [-0.3, -0.25) is 0 Å². The van der Waals surface area contributed by atoms with E-state index in [4.69, 9.17) is 16.3 Å². The Morgan fingerprint density at radius 3 is 2.96 bits per heavy atom. The van der Waals surface area contributed by atoms with Crippen LogP contribution in [0.15, 0.2) is 40.3 Å². The van der Waals surface area contributed by atoms with Gasteiger partial charge in [0.2, 0.25) is 11.2 Å². The maximum Gasteiger partial charge on any atom is 0.232 e. The Kier molecular flexibility index (Phi) is 6.70. The van der Waals surface area contributed by atoms with Crippen LogP contribution in [0.3, 0.4) is 0 Å². The molecule has 2 heterocycles. The van der Waals surface area contributed by atoms with Gasteiger partial charge in [0.25, 0.3) is 0 Å². The average Bonchev–Trinajstić information content (AvgIpc) is 3.03. The highest BCUT2D eigenvalue weighted by atomic mass is 79.9. The quantitative estimate of drug-likeness (QED) is 0.476. The molecule has 0 radical (unpaired) electrons. The summed E-state index contributed by atoms with van der Waals surface area (Å²) >= 11 is 10.8. The van der Waals surface area contributed by atoms with Crippen LogP contribution in [0.2, 0.25) is 5.28 Å². The fraction of sp³-hybridized carbons (Fsp3) is 0.368. The van der Waals surface area contributed by atoms with Crippen molar-refractivity contribution in [3.05, 3.63) is 51.2 Å². The zero-order chi connectivity index (χ0) is 19.4. The monoisotopic (exact) mass is 469 g/mol. The first-order valence-electron chi connectivity index (χ1n) is 8.53. The van der Waals surface area contributed by atoms with Crippen molar-refractivity contribution in [2.24, 2.45) is 0 Å². The third-order valence-electron chi connectivity index (χ3n) is 4.10. The lowest BCUT2D eigenvalue weighted by molar-refractivity contribution is 0.0961. The summed E-state index contributed by atoms with van der Waals surface area (Å²) in [4.78, 5) is 7.83. The molecule has 1 unspecified atom stereocenters. The van der Waals surface area contributed by atoms with E-state index in [1.165, 1.54) is 21.8 Å². The van der Waals surface area contributed by atoms with Crippen molar-refractivity contribution in [1.82, 2.24) is 15.3 Å². The Bertz CT molecular complexity index is 919. The van der Waals surface area contributed by atoms with E-state index in [2.05, 4.69) is 74.7 Å². The smallest absolute Gasteiger partial charge is 0.232 e. The normalized spacial score (nSPS) is 13.1. The van der Waals surface area contributed by atoms with Crippen molar-refractivity contribution in [1.29, 1.82) is 0 Å². The van der Waals surface area contributed by atoms with E-state index in [9.17, 15) is 5.11 Å². The first kappa shape index (κ1) is 20.5. The minimum absolute atomic E-state index is 0.102. The Balaban J connectivity index is 1.52. The lowest BCUT2D eigenvalue weighted by atomic mass is 9.94. The molecule has 3 aromatic rings. The number of halogens is 2. The van der Waals surface area contributed by atoms with Gasteiger partial charge >= 0.3 is 0 Å². The summed E-state index contributed by atoms with van der Waals surface area (Å²) in [6.07, 6.45) is 1.71. The van der Waals surface area contributed by atoms with Crippen molar-refractivity contribution < 1.29 is 9.84 Å². The predicted octanol–water partition coefficient (Wildman–Crippen LogP) is 4.46. The number of fused-ring (bicyclic) bond motifs is 1. The molecule has 0 aliphatic carbocycles. The third kappa shape index (κ3) is 5.62. The SMILES string of the molecule is CC(C)(Cc1csc2ccccc12)NCC(O)COc1nc(Cl)ncc1Br. The number of hydrogen-bond donors (Lipinski definition) is 2. The highest BCUT2D eigenvalue weighted by molar-refractivity contribution is 9.10. The number of aromatic nitrogens is 2. The summed E-state index contributed by atoms with van der Waals surface area (Å²) < 4.78 is 7.43. The zero-order valence-corrected chi connectivity index (χ0v) is 18.2. The van der Waals surface area contributed by atoms with Crippen LogP contribution in [-0.2, 0) is 6.42 Å². The molecule has 2 aromatic heterocycles. The number of aliphatic hydroxyl groups is 1. The zero-order valence-electron chi connectivity index (χ0n) is 15.1. The van der Waals surface area contributed by atoms with Crippen LogP contribution in [0.5, 0.6) is 5.88 Å². The largest absolute Gasteiger partial charge is 0.474 e. The molecular formula is C19H21BrClN3O2S. The molecule has 0 aliphatic heterocycles. The minimum atomic E-state index is -0.677. The molecule has 0 spiro atoms.